The summed E-state index contributed by atoms with van der Waals surface area (Å²) in [5, 5.41) is 5.90. The van der Waals surface area contributed by atoms with Gasteiger partial charge in [-0.2, -0.15) is 4.99 Å². The third kappa shape index (κ3) is 14.3. The van der Waals surface area contributed by atoms with E-state index in [0.717, 1.165) is 0 Å². The van der Waals surface area contributed by atoms with Gasteiger partial charge in [0.05, 0.1) is 19.3 Å². The molecular weight excluding hydrogens is 711 g/mol. The number of amidine groups is 2. The van der Waals surface area contributed by atoms with Gasteiger partial charge in [0.25, 0.3) is 6.02 Å². The lowest BCUT2D eigenvalue weighted by atomic mass is 10.0. The summed E-state index contributed by atoms with van der Waals surface area (Å²) in [5.74, 6) is -1.48. The first kappa shape index (κ1) is 41.9. The number of ether oxygens (including phenoxy) is 7. The Kier molecular flexibility index (Phi) is 16.4. The number of carbonyl (C=O) groups excluding carboxylic acids is 3. The maximum Gasteiger partial charge on any atom is 0.511 e. The van der Waals surface area contributed by atoms with Crippen molar-refractivity contribution in [3.05, 3.63) is 84.0 Å². The molecule has 54 heavy (non-hydrogen) atoms. The lowest BCUT2D eigenvalue weighted by Gasteiger charge is -2.26. The monoisotopic (exact) mass is 754 g/mol. The van der Waals surface area contributed by atoms with Gasteiger partial charge in [0.1, 0.15) is 37.6 Å². The van der Waals surface area contributed by atoms with E-state index in [-0.39, 0.29) is 54.7 Å². The fourth-order valence-corrected chi connectivity index (χ4v) is 4.16. The molecule has 2 unspecified atom stereocenters. The van der Waals surface area contributed by atoms with Crippen molar-refractivity contribution in [2.24, 2.45) is 21.5 Å². The summed E-state index contributed by atoms with van der Waals surface area (Å²) >= 11 is 0. The van der Waals surface area contributed by atoms with Crippen molar-refractivity contribution >= 4 is 41.7 Å². The number of esters is 1. The van der Waals surface area contributed by atoms with Crippen LogP contribution < -0.4 is 31.6 Å². The van der Waals surface area contributed by atoms with E-state index in [1.54, 1.807) is 51.1 Å². The first-order valence-electron chi connectivity index (χ1n) is 16.2. The van der Waals surface area contributed by atoms with Gasteiger partial charge < -0.3 is 49.9 Å². The molecule has 0 bridgehead atoms. The highest BCUT2D eigenvalue weighted by Gasteiger charge is 2.28. The highest BCUT2D eigenvalue weighted by molar-refractivity contribution is 6.03. The zero-order chi connectivity index (χ0) is 39.6. The van der Waals surface area contributed by atoms with Crippen LogP contribution in [0.15, 0.2) is 77.0 Å². The summed E-state index contributed by atoms with van der Waals surface area (Å²) < 4.78 is 52.7. The Labute approximate surface area is 310 Å². The van der Waals surface area contributed by atoms with Gasteiger partial charge in [-0.1, -0.05) is 6.58 Å². The van der Waals surface area contributed by atoms with Gasteiger partial charge in [0, 0.05) is 42.2 Å². The van der Waals surface area contributed by atoms with Crippen LogP contribution in [0.2, 0.25) is 0 Å². The second-order valence-electron chi connectivity index (χ2n) is 11.4. The Morgan fingerprint density at radius 3 is 2.33 bits per heavy atom. The van der Waals surface area contributed by atoms with E-state index in [1.807, 2.05) is 0 Å². The number of amides is 1. The van der Waals surface area contributed by atoms with Gasteiger partial charge in [-0.3, -0.25) is 10.1 Å². The molecule has 18 nitrogen and oxygen atoms in total. The van der Waals surface area contributed by atoms with Crippen LogP contribution in [0.3, 0.4) is 0 Å². The normalized spacial score (nSPS) is 12.5. The van der Waals surface area contributed by atoms with E-state index in [2.05, 4.69) is 37.2 Å². The zero-order valence-corrected chi connectivity index (χ0v) is 30.4. The van der Waals surface area contributed by atoms with Crippen molar-refractivity contribution in [3.8, 4) is 11.5 Å². The SMILES string of the molecule is C=C(C)COC(=O)N=C(N)c1ccc(NC(c2cc(OC)cc(OCCOC(C)=O)c2F)C(N)N=C(Nc2ncccn2)OCOC(=O)OC(C)C)cc1. The van der Waals surface area contributed by atoms with Crippen LogP contribution in [0.25, 0.3) is 0 Å². The number of aromatic nitrogens is 2. The average molecular weight is 755 g/mol. The van der Waals surface area contributed by atoms with Crippen LogP contribution in [0.4, 0.5) is 25.6 Å². The molecule has 1 amide bonds. The predicted octanol–water partition coefficient (Wildman–Crippen LogP) is 4.43. The maximum absolute atomic E-state index is 16.3. The summed E-state index contributed by atoms with van der Waals surface area (Å²) in [4.78, 5) is 51.5. The molecule has 1 heterocycles. The number of anilines is 2. The highest BCUT2D eigenvalue weighted by Crippen LogP contribution is 2.34. The van der Waals surface area contributed by atoms with Crippen LogP contribution in [-0.2, 0) is 28.5 Å². The molecule has 19 heteroatoms. The smallest absolute Gasteiger partial charge is 0.497 e. The number of halogens is 1. The first-order valence-corrected chi connectivity index (χ1v) is 16.2. The van der Waals surface area contributed by atoms with Gasteiger partial charge in [-0.15, -0.1) is 0 Å². The molecule has 0 aliphatic heterocycles. The van der Waals surface area contributed by atoms with Crippen LogP contribution in [0, 0.1) is 5.82 Å². The minimum Gasteiger partial charge on any atom is -0.497 e. The Balaban J connectivity index is 2.03. The van der Waals surface area contributed by atoms with E-state index in [0.29, 0.717) is 16.8 Å². The third-order valence-electron chi connectivity index (χ3n) is 6.51. The van der Waals surface area contributed by atoms with Crippen molar-refractivity contribution < 1.29 is 51.9 Å². The molecule has 6 N–H and O–H groups in total. The van der Waals surface area contributed by atoms with E-state index in [4.69, 9.17) is 44.6 Å². The van der Waals surface area contributed by atoms with Crippen molar-refractivity contribution in [1.82, 2.24) is 9.97 Å². The zero-order valence-electron chi connectivity index (χ0n) is 30.4. The molecule has 3 aromatic rings. The summed E-state index contributed by atoms with van der Waals surface area (Å²) in [7, 11) is 1.37. The lowest BCUT2D eigenvalue weighted by molar-refractivity contribution is -0.141. The van der Waals surface area contributed by atoms with Gasteiger partial charge >= 0.3 is 18.2 Å². The largest absolute Gasteiger partial charge is 0.511 e. The molecule has 0 saturated heterocycles. The van der Waals surface area contributed by atoms with Crippen LogP contribution in [0.1, 0.15) is 44.9 Å². The quantitative estimate of drug-likeness (QED) is 0.0283. The molecule has 0 aliphatic rings. The molecule has 2 aromatic carbocycles. The summed E-state index contributed by atoms with van der Waals surface area (Å²) in [6.07, 6.45) is -0.805. The Morgan fingerprint density at radius 1 is 1.00 bits per heavy atom. The molecule has 2 atom stereocenters. The molecule has 0 aliphatic carbocycles. The number of carbonyl (C=O) groups is 3. The highest BCUT2D eigenvalue weighted by atomic mass is 19.1. The molecule has 0 saturated carbocycles. The van der Waals surface area contributed by atoms with Crippen molar-refractivity contribution in [2.75, 3.05) is 44.4 Å². The Hall–Kier alpha value is -6.50. The van der Waals surface area contributed by atoms with E-state index in [1.165, 1.54) is 38.6 Å². The van der Waals surface area contributed by atoms with Gasteiger partial charge in [-0.25, -0.2) is 28.9 Å². The number of nitrogens with one attached hydrogen (secondary N) is 2. The van der Waals surface area contributed by atoms with E-state index >= 15 is 4.39 Å². The second-order valence-corrected chi connectivity index (χ2v) is 11.4. The Bertz CT molecular complexity index is 1790. The van der Waals surface area contributed by atoms with Crippen molar-refractivity contribution in [2.45, 2.75) is 46.0 Å². The minimum atomic E-state index is -1.37. The van der Waals surface area contributed by atoms with Crippen LogP contribution in [-0.4, -0.2) is 86.0 Å². The average Bonchev–Trinajstić information content (AvgIpc) is 3.12. The van der Waals surface area contributed by atoms with E-state index < -0.39 is 49.1 Å². The minimum absolute atomic E-state index is 0.0132. The molecule has 290 valence electrons. The van der Waals surface area contributed by atoms with Crippen LogP contribution in [0.5, 0.6) is 11.5 Å². The van der Waals surface area contributed by atoms with Gasteiger partial charge in [0.2, 0.25) is 12.7 Å². The van der Waals surface area contributed by atoms with E-state index in [9.17, 15) is 14.4 Å². The number of nitrogens with two attached hydrogens (primary N) is 2. The topological polar surface area (TPSA) is 242 Å². The van der Waals surface area contributed by atoms with Crippen LogP contribution >= 0.6 is 0 Å². The predicted molar refractivity (Wildman–Crippen MR) is 194 cm³/mol. The molecule has 0 radical (unpaired) electrons. The number of aliphatic imine (C=N–C) groups is 2. The van der Waals surface area contributed by atoms with Gasteiger partial charge in [-0.05, 0) is 62.7 Å². The number of hydrogen-bond acceptors (Lipinski definition) is 15. The number of rotatable bonds is 17. The molecular formula is C35H43FN8O10. The second kappa shape index (κ2) is 21.1. The number of nitrogens with zero attached hydrogens (tertiary/aromatic N) is 4. The fourth-order valence-electron chi connectivity index (χ4n) is 4.16. The summed E-state index contributed by atoms with van der Waals surface area (Å²) in [6.45, 7) is 8.88. The third-order valence-corrected chi connectivity index (χ3v) is 6.51. The number of hydrogen-bond donors (Lipinski definition) is 4. The Morgan fingerprint density at radius 2 is 1.70 bits per heavy atom. The van der Waals surface area contributed by atoms with Gasteiger partial charge in [0.15, 0.2) is 11.6 Å². The van der Waals surface area contributed by atoms with Crippen molar-refractivity contribution in [1.29, 1.82) is 0 Å². The maximum atomic E-state index is 16.3. The fraction of sp³-hybridized carbons (Fsp3) is 0.343. The number of benzene rings is 2. The first-order chi connectivity index (χ1) is 25.7. The van der Waals surface area contributed by atoms with Crippen molar-refractivity contribution in [3.63, 3.8) is 0 Å². The summed E-state index contributed by atoms with van der Waals surface area (Å²) in [5.41, 5.74) is 14.0. The molecule has 0 spiro atoms. The lowest BCUT2D eigenvalue weighted by Crippen LogP contribution is -2.35. The molecule has 1 aromatic heterocycles. The summed E-state index contributed by atoms with van der Waals surface area (Å²) in [6, 6.07) is 9.04. The molecule has 0 fully saturated rings. The standard InChI is InChI=1S/C35H43FN8O10/c1-20(2)18-51-34(46)43-30(37)23-8-10-24(11-9-23)41-29(26-16-25(48-6)17-27(28(26)36)50-15-14-49-22(5)45)31(38)42-33(44-32-39-12-7-13-40-32)52-19-53-35(47)54-21(3)4/h7-13,16-17,21,29,31,41H,1,14-15,18-19,38H2,2-6H3,(H2,37,43,46)(H,39,40,42,44). The number of methoxy groups -OCH3 is 1. The molecule has 3 rings (SSSR count).